The summed E-state index contributed by atoms with van der Waals surface area (Å²) in [6, 6.07) is 16.8. The number of unbranched alkanes of at least 4 members (excludes halogenated alkanes) is 3. The van der Waals surface area contributed by atoms with E-state index in [9.17, 15) is 0 Å². The van der Waals surface area contributed by atoms with Gasteiger partial charge in [0.25, 0.3) is 0 Å². The first kappa shape index (κ1) is 19.3. The Morgan fingerprint density at radius 1 is 0.760 bits per heavy atom. The first-order valence-electron chi connectivity index (χ1n) is 9.48. The van der Waals surface area contributed by atoms with Gasteiger partial charge in [-0.2, -0.15) is 0 Å². The Bertz CT molecular complexity index is 614. The minimum absolute atomic E-state index is 0.801. The van der Waals surface area contributed by atoms with E-state index in [-0.39, 0.29) is 0 Å². The van der Waals surface area contributed by atoms with Crippen LogP contribution in [0, 0.1) is 0 Å². The number of rotatable bonds is 11. The maximum Gasteiger partial charge on any atom is 0.0466 e. The monoisotopic (exact) mass is 337 g/mol. The normalized spacial score (nSPS) is 11.2. The van der Waals surface area contributed by atoms with Crippen molar-refractivity contribution in [2.75, 3.05) is 18.9 Å². The van der Waals surface area contributed by atoms with E-state index in [0.717, 1.165) is 31.7 Å². The summed E-state index contributed by atoms with van der Waals surface area (Å²) in [5, 5.41) is 0. The molecule has 2 rings (SSSR count). The lowest BCUT2D eigenvalue weighted by molar-refractivity contribution is 0.130. The molecule has 0 aliphatic heterocycles. The lowest BCUT2D eigenvalue weighted by Crippen LogP contribution is -1.95. The fourth-order valence-corrected chi connectivity index (χ4v) is 2.73. The Morgan fingerprint density at radius 2 is 1.36 bits per heavy atom. The molecule has 0 aliphatic rings. The number of benzene rings is 2. The predicted octanol–water partition coefficient (Wildman–Crippen LogP) is 5.97. The summed E-state index contributed by atoms with van der Waals surface area (Å²) in [4.78, 5) is 0. The molecule has 134 valence electrons. The summed E-state index contributed by atoms with van der Waals surface area (Å²) in [7, 11) is 0. The zero-order chi connectivity index (χ0) is 17.7. The van der Waals surface area contributed by atoms with Gasteiger partial charge in [-0.3, -0.25) is 0 Å². The highest BCUT2D eigenvalue weighted by molar-refractivity contribution is 5.70. The average Bonchev–Trinajstić information content (AvgIpc) is 2.64. The van der Waals surface area contributed by atoms with Gasteiger partial charge in [-0.05, 0) is 54.5 Å². The fraction of sp³-hybridized carbons (Fsp3) is 0.391. The highest BCUT2D eigenvalue weighted by atomic mass is 16.5. The maximum atomic E-state index is 5.71. The van der Waals surface area contributed by atoms with Gasteiger partial charge in [-0.25, -0.2) is 0 Å². The Hall–Kier alpha value is -2.06. The molecule has 0 saturated heterocycles. The SMILES string of the molecule is CCCOCCCCCCc1ccc(/C=C/c2ccc(N)cc2)cc1. The van der Waals surface area contributed by atoms with Crippen molar-refractivity contribution in [1.82, 2.24) is 0 Å². The van der Waals surface area contributed by atoms with Gasteiger partial charge >= 0.3 is 0 Å². The molecular weight excluding hydrogens is 306 g/mol. The van der Waals surface area contributed by atoms with Crippen molar-refractivity contribution >= 4 is 17.8 Å². The van der Waals surface area contributed by atoms with Crippen molar-refractivity contribution in [3.05, 3.63) is 65.2 Å². The number of hydrogen-bond donors (Lipinski definition) is 1. The summed E-state index contributed by atoms with van der Waals surface area (Å²) < 4.78 is 5.51. The van der Waals surface area contributed by atoms with Crippen LogP contribution < -0.4 is 5.73 Å². The van der Waals surface area contributed by atoms with Crippen molar-refractivity contribution in [1.29, 1.82) is 0 Å². The molecule has 0 aliphatic carbocycles. The van der Waals surface area contributed by atoms with Gasteiger partial charge < -0.3 is 10.5 Å². The molecule has 0 aromatic heterocycles. The van der Waals surface area contributed by atoms with Crippen molar-refractivity contribution in [2.45, 2.75) is 45.4 Å². The second-order valence-electron chi connectivity index (χ2n) is 6.52. The molecule has 0 bridgehead atoms. The summed E-state index contributed by atoms with van der Waals surface area (Å²) in [6.07, 6.45) is 11.5. The molecular formula is C23H31NO. The maximum absolute atomic E-state index is 5.71. The lowest BCUT2D eigenvalue weighted by Gasteiger charge is -2.04. The minimum Gasteiger partial charge on any atom is -0.399 e. The van der Waals surface area contributed by atoms with E-state index in [1.807, 2.05) is 24.3 Å². The van der Waals surface area contributed by atoms with Gasteiger partial charge in [0.1, 0.15) is 0 Å². The van der Waals surface area contributed by atoms with Gasteiger partial charge in [-0.15, -0.1) is 0 Å². The largest absolute Gasteiger partial charge is 0.399 e. The van der Waals surface area contributed by atoms with Gasteiger partial charge in [0, 0.05) is 18.9 Å². The topological polar surface area (TPSA) is 35.2 Å². The van der Waals surface area contributed by atoms with Crippen molar-refractivity contribution in [3.63, 3.8) is 0 Å². The zero-order valence-corrected chi connectivity index (χ0v) is 15.4. The average molecular weight is 338 g/mol. The van der Waals surface area contributed by atoms with E-state index in [1.54, 1.807) is 0 Å². The number of aryl methyl sites for hydroxylation is 1. The molecule has 0 heterocycles. The van der Waals surface area contributed by atoms with E-state index < -0.39 is 0 Å². The van der Waals surface area contributed by atoms with Crippen LogP contribution in [0.2, 0.25) is 0 Å². The highest BCUT2D eigenvalue weighted by Crippen LogP contribution is 2.13. The smallest absolute Gasteiger partial charge is 0.0466 e. The standard InChI is InChI=1S/C23H31NO/c1-2-18-25-19-6-4-3-5-7-20-8-10-21(11-9-20)12-13-22-14-16-23(24)17-15-22/h8-17H,2-7,18-19,24H2,1H3/b13-12+. The molecule has 0 spiro atoms. The molecule has 2 aromatic carbocycles. The Morgan fingerprint density at radius 3 is 2.00 bits per heavy atom. The van der Waals surface area contributed by atoms with Gasteiger partial charge in [0.15, 0.2) is 0 Å². The van der Waals surface area contributed by atoms with Crippen molar-refractivity contribution in [2.24, 2.45) is 0 Å². The molecule has 0 amide bonds. The van der Waals surface area contributed by atoms with Crippen LogP contribution in [0.5, 0.6) is 0 Å². The first-order chi connectivity index (χ1) is 12.3. The molecule has 0 saturated carbocycles. The van der Waals surface area contributed by atoms with Gasteiger partial charge in [-0.1, -0.05) is 68.3 Å². The fourth-order valence-electron chi connectivity index (χ4n) is 2.73. The van der Waals surface area contributed by atoms with Crippen LogP contribution in [0.4, 0.5) is 5.69 Å². The molecule has 0 unspecified atom stereocenters. The molecule has 2 N–H and O–H groups in total. The van der Waals surface area contributed by atoms with Crippen LogP contribution in [0.25, 0.3) is 12.2 Å². The third-order valence-electron chi connectivity index (χ3n) is 4.24. The van der Waals surface area contributed by atoms with Crippen LogP contribution in [0.1, 0.15) is 55.7 Å². The second-order valence-corrected chi connectivity index (χ2v) is 6.52. The number of hydrogen-bond acceptors (Lipinski definition) is 2. The summed E-state index contributed by atoms with van der Waals surface area (Å²) >= 11 is 0. The van der Waals surface area contributed by atoms with Crippen molar-refractivity contribution in [3.8, 4) is 0 Å². The van der Waals surface area contributed by atoms with Crippen LogP contribution >= 0.6 is 0 Å². The van der Waals surface area contributed by atoms with E-state index in [4.69, 9.17) is 10.5 Å². The van der Waals surface area contributed by atoms with Gasteiger partial charge in [0.2, 0.25) is 0 Å². The van der Waals surface area contributed by atoms with Crippen molar-refractivity contribution < 1.29 is 4.74 Å². The van der Waals surface area contributed by atoms with E-state index in [2.05, 4.69) is 43.3 Å². The third kappa shape index (κ3) is 8.04. The Labute approximate surface area is 152 Å². The zero-order valence-electron chi connectivity index (χ0n) is 15.4. The molecule has 25 heavy (non-hydrogen) atoms. The summed E-state index contributed by atoms with van der Waals surface area (Å²) in [6.45, 7) is 3.97. The van der Waals surface area contributed by atoms with Crippen LogP contribution in [-0.4, -0.2) is 13.2 Å². The number of nitrogens with two attached hydrogens (primary N) is 1. The van der Waals surface area contributed by atoms with E-state index >= 15 is 0 Å². The Kier molecular flexibility index (Phi) is 8.85. The summed E-state index contributed by atoms with van der Waals surface area (Å²) in [5.41, 5.74) is 10.3. The molecule has 0 fully saturated rings. The lowest BCUT2D eigenvalue weighted by atomic mass is 10.0. The predicted molar refractivity (Wildman–Crippen MR) is 110 cm³/mol. The van der Waals surface area contributed by atoms with E-state index in [0.29, 0.717) is 0 Å². The van der Waals surface area contributed by atoms with Gasteiger partial charge in [0.05, 0.1) is 0 Å². The van der Waals surface area contributed by atoms with E-state index in [1.165, 1.54) is 42.4 Å². The van der Waals surface area contributed by atoms with Crippen LogP contribution in [0.15, 0.2) is 48.5 Å². The molecule has 0 radical (unpaired) electrons. The highest BCUT2D eigenvalue weighted by Gasteiger charge is 1.95. The van der Waals surface area contributed by atoms with Crippen LogP contribution in [-0.2, 0) is 11.2 Å². The Balaban J connectivity index is 1.66. The molecule has 2 heteroatoms. The molecule has 0 atom stereocenters. The number of nitrogen functional groups attached to an aromatic ring is 1. The second kappa shape index (κ2) is 11.5. The quantitative estimate of drug-likeness (QED) is 0.311. The number of anilines is 1. The van der Waals surface area contributed by atoms with Crippen LogP contribution in [0.3, 0.4) is 0 Å². The minimum atomic E-state index is 0.801. The third-order valence-corrected chi connectivity index (χ3v) is 4.24. The summed E-state index contributed by atoms with van der Waals surface area (Å²) in [5.74, 6) is 0. The molecule has 2 aromatic rings. The first-order valence-corrected chi connectivity index (χ1v) is 9.48. The molecule has 2 nitrogen and oxygen atoms in total. The number of ether oxygens (including phenoxy) is 1.